The first-order chi connectivity index (χ1) is 11.2. The minimum absolute atomic E-state index is 0.363. The number of methoxy groups -OCH3 is 1. The molecule has 0 aliphatic heterocycles. The molecule has 3 aromatic rings. The van der Waals surface area contributed by atoms with Gasteiger partial charge in [0.2, 0.25) is 5.95 Å². The van der Waals surface area contributed by atoms with Crippen LogP contribution in [0.2, 0.25) is 0 Å². The normalized spacial score (nSPS) is 10.5. The number of carbonyl (C=O) groups excluding carboxylic acids is 1. The molecule has 0 radical (unpaired) electrons. The van der Waals surface area contributed by atoms with Crippen molar-refractivity contribution < 1.29 is 13.9 Å². The van der Waals surface area contributed by atoms with E-state index in [1.807, 2.05) is 24.3 Å². The first kappa shape index (κ1) is 14.8. The summed E-state index contributed by atoms with van der Waals surface area (Å²) in [6.45, 7) is 0.467. The van der Waals surface area contributed by atoms with E-state index in [4.69, 9.17) is 4.42 Å². The lowest BCUT2D eigenvalue weighted by Gasteiger charge is -2.02. The Morgan fingerprint density at radius 3 is 2.70 bits per heavy atom. The summed E-state index contributed by atoms with van der Waals surface area (Å²) in [7, 11) is 3.10. The molecular formula is C15H15N5O3. The number of furan rings is 1. The first-order valence-electron chi connectivity index (χ1n) is 6.91. The Morgan fingerprint density at radius 1 is 1.26 bits per heavy atom. The standard InChI is InChI=1S/C15H15N5O3/c1-20-15(17-18-19-20)16-9-12-7-8-13(23-12)10-3-5-11(6-4-10)14(21)22-2/h3-8H,9H2,1-2H3,(H,16,17,19). The van der Waals surface area contributed by atoms with E-state index in [2.05, 4.69) is 25.6 Å². The molecule has 118 valence electrons. The molecule has 1 aromatic carbocycles. The Balaban J connectivity index is 1.69. The molecule has 0 saturated heterocycles. The van der Waals surface area contributed by atoms with E-state index in [0.717, 1.165) is 11.3 Å². The Hall–Kier alpha value is -3.16. The SMILES string of the molecule is COC(=O)c1ccc(-c2ccc(CNc3nnnn3C)o2)cc1. The Labute approximate surface area is 132 Å². The fraction of sp³-hybridized carbons (Fsp3) is 0.200. The number of benzene rings is 1. The Bertz CT molecular complexity index is 807. The second-order valence-electron chi connectivity index (χ2n) is 4.81. The van der Waals surface area contributed by atoms with Crippen molar-refractivity contribution in [2.45, 2.75) is 6.54 Å². The maximum Gasteiger partial charge on any atom is 0.337 e. The Kier molecular flexibility index (Phi) is 4.05. The van der Waals surface area contributed by atoms with Crippen LogP contribution in [-0.4, -0.2) is 33.3 Å². The van der Waals surface area contributed by atoms with Crippen molar-refractivity contribution in [3.8, 4) is 11.3 Å². The zero-order valence-electron chi connectivity index (χ0n) is 12.7. The predicted molar refractivity (Wildman–Crippen MR) is 81.6 cm³/mol. The maximum atomic E-state index is 11.4. The summed E-state index contributed by atoms with van der Waals surface area (Å²) in [6.07, 6.45) is 0. The van der Waals surface area contributed by atoms with Crippen molar-refractivity contribution in [3.63, 3.8) is 0 Å². The average molecular weight is 313 g/mol. The highest BCUT2D eigenvalue weighted by Gasteiger charge is 2.09. The summed E-state index contributed by atoms with van der Waals surface area (Å²) >= 11 is 0. The van der Waals surface area contributed by atoms with Crippen LogP contribution in [0.15, 0.2) is 40.8 Å². The molecule has 2 aromatic heterocycles. The van der Waals surface area contributed by atoms with Crippen LogP contribution in [0.3, 0.4) is 0 Å². The third-order valence-corrected chi connectivity index (χ3v) is 3.29. The van der Waals surface area contributed by atoms with E-state index in [0.29, 0.717) is 23.8 Å². The van der Waals surface area contributed by atoms with Crippen LogP contribution in [0, 0.1) is 0 Å². The van der Waals surface area contributed by atoms with Gasteiger partial charge >= 0.3 is 5.97 Å². The molecule has 0 aliphatic carbocycles. The molecule has 0 unspecified atom stereocenters. The fourth-order valence-corrected chi connectivity index (χ4v) is 2.06. The molecule has 0 aliphatic rings. The van der Waals surface area contributed by atoms with Gasteiger partial charge in [-0.1, -0.05) is 17.2 Å². The highest BCUT2D eigenvalue weighted by molar-refractivity contribution is 5.89. The van der Waals surface area contributed by atoms with Gasteiger partial charge in [-0.05, 0) is 34.7 Å². The van der Waals surface area contributed by atoms with Crippen LogP contribution >= 0.6 is 0 Å². The zero-order valence-corrected chi connectivity index (χ0v) is 12.7. The number of tetrazole rings is 1. The van der Waals surface area contributed by atoms with Crippen LogP contribution in [0.1, 0.15) is 16.1 Å². The van der Waals surface area contributed by atoms with Gasteiger partial charge in [-0.3, -0.25) is 0 Å². The number of rotatable bonds is 5. The second-order valence-corrected chi connectivity index (χ2v) is 4.81. The third kappa shape index (κ3) is 3.20. The lowest BCUT2D eigenvalue weighted by molar-refractivity contribution is 0.0600. The highest BCUT2D eigenvalue weighted by Crippen LogP contribution is 2.23. The van der Waals surface area contributed by atoms with Crippen molar-refractivity contribution >= 4 is 11.9 Å². The van der Waals surface area contributed by atoms with E-state index in [9.17, 15) is 4.79 Å². The van der Waals surface area contributed by atoms with E-state index in [-0.39, 0.29) is 5.97 Å². The van der Waals surface area contributed by atoms with Crippen molar-refractivity contribution in [3.05, 3.63) is 47.7 Å². The smallest absolute Gasteiger partial charge is 0.337 e. The molecule has 0 saturated carbocycles. The first-order valence-corrected chi connectivity index (χ1v) is 6.91. The summed E-state index contributed by atoms with van der Waals surface area (Å²) in [5, 5.41) is 14.2. The van der Waals surface area contributed by atoms with Gasteiger partial charge < -0.3 is 14.5 Å². The van der Waals surface area contributed by atoms with E-state index < -0.39 is 0 Å². The molecule has 0 atom stereocenters. The number of esters is 1. The fourth-order valence-electron chi connectivity index (χ4n) is 2.06. The van der Waals surface area contributed by atoms with Crippen molar-refractivity contribution in [2.75, 3.05) is 12.4 Å². The number of carbonyl (C=O) groups is 1. The van der Waals surface area contributed by atoms with Gasteiger partial charge in [0, 0.05) is 12.6 Å². The maximum absolute atomic E-state index is 11.4. The molecule has 0 fully saturated rings. The van der Waals surface area contributed by atoms with Crippen molar-refractivity contribution in [1.82, 2.24) is 20.2 Å². The van der Waals surface area contributed by atoms with E-state index in [1.54, 1.807) is 19.2 Å². The third-order valence-electron chi connectivity index (χ3n) is 3.29. The molecule has 8 heteroatoms. The number of anilines is 1. The highest BCUT2D eigenvalue weighted by atomic mass is 16.5. The molecule has 0 spiro atoms. The van der Waals surface area contributed by atoms with Crippen LogP contribution in [0.4, 0.5) is 5.95 Å². The molecule has 3 rings (SSSR count). The van der Waals surface area contributed by atoms with Gasteiger partial charge in [-0.2, -0.15) is 0 Å². The number of hydrogen-bond donors (Lipinski definition) is 1. The monoisotopic (exact) mass is 313 g/mol. The minimum atomic E-state index is -0.363. The summed E-state index contributed by atoms with van der Waals surface area (Å²) in [5.74, 6) is 1.66. The topological polar surface area (TPSA) is 95.1 Å². The van der Waals surface area contributed by atoms with E-state index in [1.165, 1.54) is 11.8 Å². The lowest BCUT2D eigenvalue weighted by Crippen LogP contribution is -2.04. The number of nitrogens with zero attached hydrogens (tertiary/aromatic N) is 4. The van der Waals surface area contributed by atoms with E-state index >= 15 is 0 Å². The molecule has 2 heterocycles. The van der Waals surface area contributed by atoms with Gasteiger partial charge in [0.15, 0.2) is 0 Å². The molecular weight excluding hydrogens is 298 g/mol. The van der Waals surface area contributed by atoms with Gasteiger partial charge in [-0.25, -0.2) is 9.48 Å². The van der Waals surface area contributed by atoms with Crippen LogP contribution in [0.5, 0.6) is 0 Å². The number of hydrogen-bond acceptors (Lipinski definition) is 7. The summed E-state index contributed by atoms with van der Waals surface area (Å²) in [4.78, 5) is 11.4. The number of aromatic nitrogens is 4. The van der Waals surface area contributed by atoms with Crippen molar-refractivity contribution in [1.29, 1.82) is 0 Å². The van der Waals surface area contributed by atoms with Crippen molar-refractivity contribution in [2.24, 2.45) is 7.05 Å². The lowest BCUT2D eigenvalue weighted by atomic mass is 10.1. The summed E-state index contributed by atoms with van der Waals surface area (Å²) in [5.41, 5.74) is 1.38. The van der Waals surface area contributed by atoms with Gasteiger partial charge in [0.05, 0.1) is 19.2 Å². The average Bonchev–Trinajstić information content (AvgIpc) is 3.21. The van der Waals surface area contributed by atoms with Gasteiger partial charge in [0.1, 0.15) is 11.5 Å². The molecule has 23 heavy (non-hydrogen) atoms. The van der Waals surface area contributed by atoms with Gasteiger partial charge in [-0.15, -0.1) is 0 Å². The second kappa shape index (κ2) is 6.30. The molecule has 8 nitrogen and oxygen atoms in total. The quantitative estimate of drug-likeness (QED) is 0.718. The minimum Gasteiger partial charge on any atom is -0.465 e. The van der Waals surface area contributed by atoms with Crippen LogP contribution in [-0.2, 0) is 18.3 Å². The largest absolute Gasteiger partial charge is 0.465 e. The van der Waals surface area contributed by atoms with Crippen LogP contribution in [0.25, 0.3) is 11.3 Å². The Morgan fingerprint density at radius 2 is 2.04 bits per heavy atom. The molecule has 1 N–H and O–H groups in total. The van der Waals surface area contributed by atoms with Gasteiger partial charge in [0.25, 0.3) is 0 Å². The zero-order chi connectivity index (χ0) is 16.2. The molecule has 0 amide bonds. The summed E-state index contributed by atoms with van der Waals surface area (Å²) < 4.78 is 12.0. The molecule has 0 bridgehead atoms. The summed E-state index contributed by atoms with van der Waals surface area (Å²) in [6, 6.07) is 10.8. The number of nitrogens with one attached hydrogen (secondary N) is 1. The number of ether oxygens (including phenoxy) is 1. The van der Waals surface area contributed by atoms with Crippen LogP contribution < -0.4 is 5.32 Å². The number of aryl methyl sites for hydroxylation is 1. The predicted octanol–water partition coefficient (Wildman–Crippen LogP) is 1.87.